The minimum atomic E-state index is -0.800. The van der Waals surface area contributed by atoms with Crippen molar-refractivity contribution >= 4 is 12.6 Å². The maximum atomic E-state index is 12.6. The van der Waals surface area contributed by atoms with Crippen LogP contribution in [0.25, 0.3) is 0 Å². The van der Waals surface area contributed by atoms with Gasteiger partial charge in [0.25, 0.3) is 0 Å². The Balaban J connectivity index is 2.82. The lowest BCUT2D eigenvalue weighted by Gasteiger charge is -2.03. The van der Waals surface area contributed by atoms with Crippen LogP contribution in [0.5, 0.6) is 0 Å². The Morgan fingerprint density at radius 3 is 2.50 bits per heavy atom. The first-order valence-electron chi connectivity index (χ1n) is 3.71. The monoisotopic (exact) mass is 188 g/mol. The molecule has 1 aromatic rings. The van der Waals surface area contributed by atoms with E-state index >= 15 is 0 Å². The molecule has 0 saturated heterocycles. The predicted octanol–water partition coefficient (Wildman–Crippen LogP) is 2.83. The summed E-state index contributed by atoms with van der Waals surface area (Å²) in [6.45, 7) is 1.91. The van der Waals surface area contributed by atoms with E-state index in [1.807, 2.05) is 6.92 Å². The summed E-state index contributed by atoms with van der Waals surface area (Å²) in [6, 6.07) is 3.92. The Labute approximate surface area is 76.0 Å². The molecular weight excluding hydrogens is 178 g/mol. The molecule has 0 heterocycles. The van der Waals surface area contributed by atoms with E-state index in [4.69, 9.17) is 0 Å². The molecule has 0 aliphatic carbocycles. The second-order valence-corrected chi connectivity index (χ2v) is 3.68. The third kappa shape index (κ3) is 2.48. The predicted molar refractivity (Wildman–Crippen MR) is 48.5 cm³/mol. The molecule has 0 N–H and O–H groups in total. The smallest absolute Gasteiger partial charge is 0.159 e. The van der Waals surface area contributed by atoms with E-state index in [9.17, 15) is 8.78 Å². The number of halogens is 2. The highest BCUT2D eigenvalue weighted by atomic mass is 32.1. The zero-order valence-corrected chi connectivity index (χ0v) is 7.61. The normalized spacial score (nSPS) is 13.0. The SMILES string of the molecule is CC(S)Cc1ccc(F)c(F)c1. The van der Waals surface area contributed by atoms with Crippen LogP contribution in [0.4, 0.5) is 8.78 Å². The van der Waals surface area contributed by atoms with Crippen molar-refractivity contribution in [1.82, 2.24) is 0 Å². The summed E-state index contributed by atoms with van der Waals surface area (Å²) >= 11 is 4.15. The second-order valence-electron chi connectivity index (χ2n) is 2.80. The highest BCUT2D eigenvalue weighted by molar-refractivity contribution is 7.80. The molecule has 0 aliphatic rings. The molecule has 0 amide bonds. The molecule has 1 atom stereocenters. The van der Waals surface area contributed by atoms with Gasteiger partial charge in [-0.25, -0.2) is 8.78 Å². The summed E-state index contributed by atoms with van der Waals surface area (Å²) in [5.74, 6) is -1.59. The fourth-order valence-electron chi connectivity index (χ4n) is 1.01. The van der Waals surface area contributed by atoms with Gasteiger partial charge in [-0.2, -0.15) is 12.6 Å². The van der Waals surface area contributed by atoms with Gasteiger partial charge in [0.15, 0.2) is 11.6 Å². The first kappa shape index (κ1) is 9.52. The average molecular weight is 188 g/mol. The quantitative estimate of drug-likeness (QED) is 0.678. The Morgan fingerprint density at radius 2 is 2.00 bits per heavy atom. The molecule has 0 saturated carbocycles. The fraction of sp³-hybridized carbons (Fsp3) is 0.333. The van der Waals surface area contributed by atoms with E-state index in [2.05, 4.69) is 12.6 Å². The Kier molecular flexibility index (Phi) is 3.09. The van der Waals surface area contributed by atoms with Gasteiger partial charge in [-0.05, 0) is 24.1 Å². The highest BCUT2D eigenvalue weighted by Gasteiger charge is 2.03. The summed E-state index contributed by atoms with van der Waals surface area (Å²) < 4.78 is 25.1. The number of hydrogen-bond acceptors (Lipinski definition) is 1. The lowest BCUT2D eigenvalue weighted by Crippen LogP contribution is -1.98. The molecule has 3 heteroatoms. The lowest BCUT2D eigenvalue weighted by atomic mass is 10.1. The van der Waals surface area contributed by atoms with Crippen molar-refractivity contribution in [3.8, 4) is 0 Å². The van der Waals surface area contributed by atoms with Crippen LogP contribution in [-0.2, 0) is 6.42 Å². The van der Waals surface area contributed by atoms with Crippen molar-refractivity contribution in [3.05, 3.63) is 35.4 Å². The fourth-order valence-corrected chi connectivity index (χ4v) is 1.22. The van der Waals surface area contributed by atoms with Crippen LogP contribution in [-0.4, -0.2) is 5.25 Å². The second kappa shape index (κ2) is 3.90. The molecule has 66 valence electrons. The first-order chi connectivity index (χ1) is 5.59. The molecule has 1 rings (SSSR count). The van der Waals surface area contributed by atoms with E-state index in [0.717, 1.165) is 11.6 Å². The van der Waals surface area contributed by atoms with Gasteiger partial charge in [-0.15, -0.1) is 0 Å². The van der Waals surface area contributed by atoms with Gasteiger partial charge in [0.2, 0.25) is 0 Å². The van der Waals surface area contributed by atoms with E-state index in [1.54, 1.807) is 6.07 Å². The van der Waals surface area contributed by atoms with Gasteiger partial charge >= 0.3 is 0 Å². The number of hydrogen-bond donors (Lipinski definition) is 1. The van der Waals surface area contributed by atoms with Crippen molar-refractivity contribution in [2.75, 3.05) is 0 Å². The lowest BCUT2D eigenvalue weighted by molar-refractivity contribution is 0.507. The molecular formula is C9H10F2S. The number of rotatable bonds is 2. The molecule has 1 aromatic carbocycles. The van der Waals surface area contributed by atoms with Gasteiger partial charge in [0.05, 0.1) is 0 Å². The molecule has 0 fully saturated rings. The van der Waals surface area contributed by atoms with Gasteiger partial charge in [0, 0.05) is 5.25 Å². The van der Waals surface area contributed by atoms with Crippen LogP contribution in [0.2, 0.25) is 0 Å². The molecule has 12 heavy (non-hydrogen) atoms. The Hall–Kier alpha value is -0.570. The maximum Gasteiger partial charge on any atom is 0.159 e. The Bertz CT molecular complexity index is 271. The first-order valence-corrected chi connectivity index (χ1v) is 4.23. The van der Waals surface area contributed by atoms with Crippen molar-refractivity contribution in [2.45, 2.75) is 18.6 Å². The highest BCUT2D eigenvalue weighted by Crippen LogP contribution is 2.11. The summed E-state index contributed by atoms with van der Waals surface area (Å²) in [4.78, 5) is 0. The zero-order valence-electron chi connectivity index (χ0n) is 6.72. The van der Waals surface area contributed by atoms with Gasteiger partial charge in [0.1, 0.15) is 0 Å². The van der Waals surface area contributed by atoms with Crippen LogP contribution in [0.15, 0.2) is 18.2 Å². The summed E-state index contributed by atoms with van der Waals surface area (Å²) in [5, 5.41) is 0.162. The third-order valence-electron chi connectivity index (χ3n) is 1.52. The van der Waals surface area contributed by atoms with Crippen molar-refractivity contribution < 1.29 is 8.78 Å². The molecule has 0 nitrogen and oxygen atoms in total. The molecule has 0 spiro atoms. The van der Waals surface area contributed by atoms with Crippen LogP contribution < -0.4 is 0 Å². The Morgan fingerprint density at radius 1 is 1.33 bits per heavy atom. The van der Waals surface area contributed by atoms with E-state index in [1.165, 1.54) is 6.07 Å². The minimum Gasteiger partial charge on any atom is -0.204 e. The van der Waals surface area contributed by atoms with Crippen LogP contribution in [0.1, 0.15) is 12.5 Å². The van der Waals surface area contributed by atoms with Crippen LogP contribution in [0, 0.1) is 11.6 Å². The minimum absolute atomic E-state index is 0.162. The van der Waals surface area contributed by atoms with Crippen molar-refractivity contribution in [3.63, 3.8) is 0 Å². The van der Waals surface area contributed by atoms with E-state index < -0.39 is 11.6 Å². The molecule has 0 radical (unpaired) electrons. The van der Waals surface area contributed by atoms with E-state index in [0.29, 0.717) is 6.42 Å². The van der Waals surface area contributed by atoms with Gasteiger partial charge in [-0.1, -0.05) is 13.0 Å². The number of benzene rings is 1. The number of thiol groups is 1. The largest absolute Gasteiger partial charge is 0.204 e. The summed E-state index contributed by atoms with van der Waals surface area (Å²) in [6.07, 6.45) is 0.653. The average Bonchev–Trinajstić information content (AvgIpc) is 1.96. The topological polar surface area (TPSA) is 0 Å². The summed E-state index contributed by atoms with van der Waals surface area (Å²) in [5.41, 5.74) is 0.774. The standard InChI is InChI=1S/C9H10F2S/c1-6(12)4-7-2-3-8(10)9(11)5-7/h2-3,5-6,12H,4H2,1H3. The summed E-state index contributed by atoms with van der Waals surface area (Å²) in [7, 11) is 0. The van der Waals surface area contributed by atoms with Gasteiger partial charge < -0.3 is 0 Å². The molecule has 0 aliphatic heterocycles. The maximum absolute atomic E-state index is 12.6. The van der Waals surface area contributed by atoms with Crippen LogP contribution >= 0.6 is 12.6 Å². The van der Waals surface area contributed by atoms with Crippen molar-refractivity contribution in [2.24, 2.45) is 0 Å². The molecule has 1 unspecified atom stereocenters. The third-order valence-corrected chi connectivity index (χ3v) is 1.70. The zero-order chi connectivity index (χ0) is 9.14. The van der Waals surface area contributed by atoms with Gasteiger partial charge in [-0.3, -0.25) is 0 Å². The molecule has 0 bridgehead atoms. The molecule has 0 aromatic heterocycles. The van der Waals surface area contributed by atoms with Crippen molar-refractivity contribution in [1.29, 1.82) is 0 Å². The van der Waals surface area contributed by atoms with Crippen LogP contribution in [0.3, 0.4) is 0 Å². The van der Waals surface area contributed by atoms with E-state index in [-0.39, 0.29) is 5.25 Å².